The zero-order chi connectivity index (χ0) is 18.6. The van der Waals surface area contributed by atoms with Gasteiger partial charge in [0.1, 0.15) is 0 Å². The average molecular weight is 366 g/mol. The molecule has 0 atom stereocenters. The first kappa shape index (κ1) is 18.1. The molecule has 0 amide bonds. The molecule has 0 saturated carbocycles. The molecule has 0 aliphatic carbocycles. The van der Waals surface area contributed by atoms with Crippen molar-refractivity contribution in [1.29, 1.82) is 0 Å². The van der Waals surface area contributed by atoms with Gasteiger partial charge in [0.25, 0.3) is 0 Å². The molecule has 2 aromatic rings. The lowest BCUT2D eigenvalue weighted by molar-refractivity contribution is -0.137. The lowest BCUT2D eigenvalue weighted by Crippen LogP contribution is -2.52. The summed E-state index contributed by atoms with van der Waals surface area (Å²) >= 11 is 0. The highest BCUT2D eigenvalue weighted by Gasteiger charge is 2.31. The van der Waals surface area contributed by atoms with E-state index in [1.165, 1.54) is 12.1 Å². The summed E-state index contributed by atoms with van der Waals surface area (Å²) in [7, 11) is 1.72. The smallest absolute Gasteiger partial charge is 0.368 e. The highest BCUT2D eigenvalue weighted by Crippen LogP contribution is 2.31. The van der Waals surface area contributed by atoms with E-state index in [-0.39, 0.29) is 0 Å². The van der Waals surface area contributed by atoms with Crippen molar-refractivity contribution in [2.75, 3.05) is 38.1 Å². The molecule has 0 unspecified atom stereocenters. The van der Waals surface area contributed by atoms with E-state index < -0.39 is 11.7 Å². The van der Waals surface area contributed by atoms with Crippen LogP contribution in [0.2, 0.25) is 0 Å². The Bertz CT molecular complexity index is 733. The average Bonchev–Trinajstić information content (AvgIpc) is 3.16. The summed E-state index contributed by atoms with van der Waals surface area (Å²) in [6.45, 7) is 3.20. The molecule has 1 aliphatic rings. The minimum atomic E-state index is -4.32. The topological polar surface area (TPSA) is 59.6 Å². The summed E-state index contributed by atoms with van der Waals surface area (Å²) in [5, 5.41) is 10.0. The fraction of sp³-hybridized carbons (Fsp3) is 0.412. The fourth-order valence-corrected chi connectivity index (χ4v) is 2.95. The highest BCUT2D eigenvalue weighted by atomic mass is 19.4. The number of H-pyrrole nitrogens is 1. The van der Waals surface area contributed by atoms with Crippen LogP contribution in [0.5, 0.6) is 0 Å². The Morgan fingerprint density at radius 1 is 1.23 bits per heavy atom. The van der Waals surface area contributed by atoms with Gasteiger partial charge in [-0.25, -0.2) is 0 Å². The number of hydrogen-bond acceptors (Lipinski definition) is 3. The second-order valence-electron chi connectivity index (χ2n) is 6.00. The van der Waals surface area contributed by atoms with Gasteiger partial charge in [-0.05, 0) is 24.3 Å². The van der Waals surface area contributed by atoms with Crippen LogP contribution in [-0.2, 0) is 12.7 Å². The lowest BCUT2D eigenvalue weighted by atomic mass is 10.1. The summed E-state index contributed by atoms with van der Waals surface area (Å²) in [5.41, 5.74) is 0.933. The zero-order valence-electron chi connectivity index (χ0n) is 14.4. The second kappa shape index (κ2) is 7.67. The molecule has 1 saturated heterocycles. The van der Waals surface area contributed by atoms with E-state index in [4.69, 9.17) is 0 Å². The first-order chi connectivity index (χ1) is 12.5. The predicted octanol–water partition coefficient (Wildman–Crippen LogP) is 2.33. The summed E-state index contributed by atoms with van der Waals surface area (Å²) in [4.78, 5) is 8.35. The van der Waals surface area contributed by atoms with Crippen LogP contribution in [-0.4, -0.2) is 54.3 Å². The molecule has 1 fully saturated rings. The number of aliphatic imine (C=N–C) groups is 1. The Kier molecular flexibility index (Phi) is 5.34. The highest BCUT2D eigenvalue weighted by molar-refractivity contribution is 5.80. The molecule has 1 aromatic heterocycles. The Morgan fingerprint density at radius 2 is 2.00 bits per heavy atom. The fourth-order valence-electron chi connectivity index (χ4n) is 2.95. The van der Waals surface area contributed by atoms with Gasteiger partial charge < -0.3 is 15.1 Å². The van der Waals surface area contributed by atoms with E-state index in [2.05, 4.69) is 25.4 Å². The van der Waals surface area contributed by atoms with Gasteiger partial charge in [-0.15, -0.1) is 0 Å². The Labute approximate surface area is 149 Å². The van der Waals surface area contributed by atoms with Crippen molar-refractivity contribution in [3.63, 3.8) is 0 Å². The van der Waals surface area contributed by atoms with E-state index in [1.807, 2.05) is 11.0 Å². The number of aromatic nitrogens is 2. The number of halogens is 3. The lowest BCUT2D eigenvalue weighted by Gasteiger charge is -2.37. The standard InChI is InChI=1S/C17H21F3N6/c1-21-16(22-12-14-5-6-23-24-14)26-9-7-25(8-10-26)15-4-2-3-13(11-15)17(18,19)20/h2-6,11H,7-10,12H2,1H3,(H,21,22)(H,23,24). The third kappa shape index (κ3) is 4.27. The molecule has 0 spiro atoms. The van der Waals surface area contributed by atoms with Crippen LogP contribution in [0.25, 0.3) is 0 Å². The largest absolute Gasteiger partial charge is 0.416 e. The van der Waals surface area contributed by atoms with Crippen LogP contribution in [0.4, 0.5) is 18.9 Å². The predicted molar refractivity (Wildman–Crippen MR) is 94.0 cm³/mol. The molecule has 6 nitrogen and oxygen atoms in total. The van der Waals surface area contributed by atoms with Crippen LogP contribution >= 0.6 is 0 Å². The van der Waals surface area contributed by atoms with Crippen LogP contribution in [0.15, 0.2) is 41.5 Å². The molecule has 140 valence electrons. The van der Waals surface area contributed by atoms with Crippen molar-refractivity contribution < 1.29 is 13.2 Å². The van der Waals surface area contributed by atoms with Crippen LogP contribution < -0.4 is 10.2 Å². The van der Waals surface area contributed by atoms with Crippen LogP contribution in [0.3, 0.4) is 0 Å². The van der Waals surface area contributed by atoms with E-state index in [0.717, 1.165) is 17.7 Å². The number of guanidine groups is 1. The van der Waals surface area contributed by atoms with Crippen molar-refractivity contribution in [3.8, 4) is 0 Å². The molecule has 1 aromatic carbocycles. The van der Waals surface area contributed by atoms with E-state index in [0.29, 0.717) is 38.4 Å². The van der Waals surface area contributed by atoms with Gasteiger partial charge >= 0.3 is 6.18 Å². The van der Waals surface area contributed by atoms with Crippen molar-refractivity contribution in [2.24, 2.45) is 4.99 Å². The zero-order valence-corrected chi connectivity index (χ0v) is 14.4. The molecule has 1 aliphatic heterocycles. The normalized spacial score (nSPS) is 16.1. The summed E-state index contributed by atoms with van der Waals surface area (Å²) in [6, 6.07) is 7.36. The maximum absolute atomic E-state index is 12.9. The Morgan fingerprint density at radius 3 is 2.62 bits per heavy atom. The second-order valence-corrected chi connectivity index (χ2v) is 6.00. The van der Waals surface area contributed by atoms with Crippen LogP contribution in [0, 0.1) is 0 Å². The minimum absolute atomic E-state index is 0.584. The van der Waals surface area contributed by atoms with Gasteiger partial charge in [-0.3, -0.25) is 10.1 Å². The van der Waals surface area contributed by atoms with E-state index >= 15 is 0 Å². The number of rotatable bonds is 3. The van der Waals surface area contributed by atoms with Crippen LogP contribution in [0.1, 0.15) is 11.3 Å². The van der Waals surface area contributed by atoms with E-state index in [1.54, 1.807) is 19.3 Å². The molecule has 3 rings (SSSR count). The molecule has 2 heterocycles. The molecule has 0 bridgehead atoms. The molecule has 9 heteroatoms. The molecular weight excluding hydrogens is 345 g/mol. The van der Waals surface area contributed by atoms with Crippen molar-refractivity contribution in [3.05, 3.63) is 47.8 Å². The maximum atomic E-state index is 12.9. The number of piperazine rings is 1. The molecule has 26 heavy (non-hydrogen) atoms. The molecule has 2 N–H and O–H groups in total. The summed E-state index contributed by atoms with van der Waals surface area (Å²) < 4.78 is 38.7. The monoisotopic (exact) mass is 366 g/mol. The van der Waals surface area contributed by atoms with Gasteiger partial charge in [-0.2, -0.15) is 18.3 Å². The quantitative estimate of drug-likeness (QED) is 0.647. The minimum Gasteiger partial charge on any atom is -0.368 e. The number of alkyl halides is 3. The third-order valence-electron chi connectivity index (χ3n) is 4.33. The van der Waals surface area contributed by atoms with Crippen molar-refractivity contribution in [1.82, 2.24) is 20.4 Å². The maximum Gasteiger partial charge on any atom is 0.416 e. The number of anilines is 1. The van der Waals surface area contributed by atoms with Crippen molar-refractivity contribution >= 4 is 11.6 Å². The molecular formula is C17H21F3N6. The Hall–Kier alpha value is -2.71. The summed E-state index contributed by atoms with van der Waals surface area (Å²) in [6.07, 6.45) is -2.63. The SMILES string of the molecule is CN=C(NCc1ccn[nH]1)N1CCN(c2cccc(C(F)(F)F)c2)CC1. The van der Waals surface area contributed by atoms with Crippen molar-refractivity contribution in [2.45, 2.75) is 12.7 Å². The number of nitrogens with zero attached hydrogens (tertiary/aromatic N) is 4. The van der Waals surface area contributed by atoms with Gasteiger partial charge in [0.15, 0.2) is 5.96 Å². The first-order valence-corrected chi connectivity index (χ1v) is 8.33. The van der Waals surface area contributed by atoms with Gasteiger partial charge in [0, 0.05) is 45.1 Å². The molecule has 0 radical (unpaired) electrons. The number of nitrogens with one attached hydrogen (secondary N) is 2. The van der Waals surface area contributed by atoms with E-state index in [9.17, 15) is 13.2 Å². The summed E-state index contributed by atoms with van der Waals surface area (Å²) in [5.74, 6) is 0.767. The number of aromatic amines is 1. The Balaban J connectivity index is 1.58. The van der Waals surface area contributed by atoms with Gasteiger partial charge in [0.05, 0.1) is 17.8 Å². The first-order valence-electron chi connectivity index (χ1n) is 8.33. The number of hydrogen-bond donors (Lipinski definition) is 2. The van der Waals surface area contributed by atoms with Gasteiger partial charge in [0.2, 0.25) is 0 Å². The third-order valence-corrected chi connectivity index (χ3v) is 4.33. The number of benzene rings is 1. The van der Waals surface area contributed by atoms with Gasteiger partial charge in [-0.1, -0.05) is 6.07 Å².